The Labute approximate surface area is 91.6 Å². The molecule has 0 bridgehead atoms. The molecular weight excluding hydrogens is 246 g/mol. The van der Waals surface area contributed by atoms with Crippen molar-refractivity contribution in [2.24, 2.45) is 0 Å². The highest BCUT2D eigenvalue weighted by atomic mass is 79.9. The molecule has 2 rings (SSSR count). The molecule has 1 saturated heterocycles. The summed E-state index contributed by atoms with van der Waals surface area (Å²) in [5, 5.41) is 0. The summed E-state index contributed by atoms with van der Waals surface area (Å²) in [7, 11) is 0. The van der Waals surface area contributed by atoms with Crippen molar-refractivity contribution in [2.75, 3.05) is 6.61 Å². The molecule has 1 aromatic heterocycles. The van der Waals surface area contributed by atoms with Gasteiger partial charge < -0.3 is 9.47 Å². The van der Waals surface area contributed by atoms with E-state index >= 15 is 0 Å². The van der Waals surface area contributed by atoms with Crippen LogP contribution in [-0.2, 0) is 4.74 Å². The average molecular weight is 258 g/mol. The van der Waals surface area contributed by atoms with E-state index < -0.39 is 0 Å². The molecule has 3 nitrogen and oxygen atoms in total. The molecule has 0 N–H and O–H groups in total. The molecule has 2 heterocycles. The van der Waals surface area contributed by atoms with Crippen LogP contribution in [0.2, 0.25) is 0 Å². The van der Waals surface area contributed by atoms with E-state index in [-0.39, 0.29) is 6.29 Å². The Morgan fingerprint density at radius 2 is 2.36 bits per heavy atom. The van der Waals surface area contributed by atoms with Crippen LogP contribution < -0.4 is 4.74 Å². The van der Waals surface area contributed by atoms with Gasteiger partial charge in [-0.25, -0.2) is 0 Å². The molecule has 0 spiro atoms. The third-order valence-corrected chi connectivity index (χ3v) is 2.52. The average Bonchev–Trinajstić information content (AvgIpc) is 2.19. The number of nitrogens with zero attached hydrogens (tertiary/aromatic N) is 1. The second-order valence-electron chi connectivity index (χ2n) is 3.25. The maximum atomic E-state index is 5.62. The zero-order valence-electron chi connectivity index (χ0n) is 7.78. The van der Waals surface area contributed by atoms with E-state index in [0.29, 0.717) is 0 Å². The second-order valence-corrected chi connectivity index (χ2v) is 4.17. The minimum atomic E-state index is -0.0974. The lowest BCUT2D eigenvalue weighted by molar-refractivity contribution is -0.106. The summed E-state index contributed by atoms with van der Waals surface area (Å²) < 4.78 is 12.0. The molecule has 0 aliphatic carbocycles. The highest BCUT2D eigenvalue weighted by Gasteiger charge is 2.15. The summed E-state index contributed by atoms with van der Waals surface area (Å²) in [6, 6.07) is 1.89. The molecule has 1 aliphatic rings. The molecule has 1 aliphatic heterocycles. The van der Waals surface area contributed by atoms with Crippen molar-refractivity contribution in [3.8, 4) is 5.75 Å². The minimum Gasteiger partial charge on any atom is -0.463 e. The van der Waals surface area contributed by atoms with Gasteiger partial charge in [-0.1, -0.05) is 0 Å². The fraction of sp³-hybridized carbons (Fsp3) is 0.500. The van der Waals surface area contributed by atoms with Gasteiger partial charge in [0.15, 0.2) is 6.29 Å². The highest BCUT2D eigenvalue weighted by Crippen LogP contribution is 2.20. The van der Waals surface area contributed by atoms with Crippen molar-refractivity contribution in [1.29, 1.82) is 0 Å². The number of hydrogen-bond acceptors (Lipinski definition) is 3. The summed E-state index contributed by atoms with van der Waals surface area (Å²) in [6.45, 7) is 0.798. The summed E-state index contributed by atoms with van der Waals surface area (Å²) >= 11 is 3.34. The minimum absolute atomic E-state index is 0.0974. The number of rotatable bonds is 2. The molecule has 0 radical (unpaired) electrons. The first kappa shape index (κ1) is 9.93. The molecule has 1 fully saturated rings. The molecule has 1 aromatic rings. The smallest absolute Gasteiger partial charge is 0.199 e. The quantitative estimate of drug-likeness (QED) is 0.817. The SMILES string of the molecule is Brc1cncc(OC2CCCCO2)c1. The highest BCUT2D eigenvalue weighted by molar-refractivity contribution is 9.10. The summed E-state index contributed by atoms with van der Waals surface area (Å²) in [5.74, 6) is 0.756. The Hall–Kier alpha value is -0.610. The van der Waals surface area contributed by atoms with Gasteiger partial charge in [0.05, 0.1) is 12.8 Å². The van der Waals surface area contributed by atoms with Gasteiger partial charge in [0.1, 0.15) is 5.75 Å². The van der Waals surface area contributed by atoms with Crippen LogP contribution in [0.25, 0.3) is 0 Å². The maximum absolute atomic E-state index is 5.62. The molecule has 4 heteroatoms. The van der Waals surface area contributed by atoms with E-state index in [1.54, 1.807) is 12.4 Å². The Bertz CT molecular complexity index is 300. The number of pyridine rings is 1. The number of ether oxygens (including phenoxy) is 2. The van der Waals surface area contributed by atoms with Crippen molar-refractivity contribution >= 4 is 15.9 Å². The lowest BCUT2D eigenvalue weighted by Crippen LogP contribution is -2.24. The van der Waals surface area contributed by atoms with Crippen molar-refractivity contribution in [3.05, 3.63) is 22.9 Å². The first-order valence-corrected chi connectivity index (χ1v) is 5.53. The number of aromatic nitrogens is 1. The van der Waals surface area contributed by atoms with Crippen LogP contribution in [0, 0.1) is 0 Å². The van der Waals surface area contributed by atoms with E-state index in [4.69, 9.17) is 9.47 Å². The standard InChI is InChI=1S/C10H12BrNO2/c11-8-5-9(7-12-6-8)14-10-3-1-2-4-13-10/h5-7,10H,1-4H2. The van der Waals surface area contributed by atoms with E-state index in [2.05, 4.69) is 20.9 Å². The predicted molar refractivity (Wildman–Crippen MR) is 56.2 cm³/mol. The van der Waals surface area contributed by atoms with Gasteiger partial charge in [0, 0.05) is 17.1 Å². The van der Waals surface area contributed by atoms with E-state index in [1.165, 1.54) is 6.42 Å². The molecule has 0 aromatic carbocycles. The number of hydrogen-bond donors (Lipinski definition) is 0. The van der Waals surface area contributed by atoms with E-state index in [0.717, 1.165) is 29.7 Å². The topological polar surface area (TPSA) is 31.4 Å². The van der Waals surface area contributed by atoms with Crippen LogP contribution in [-0.4, -0.2) is 17.9 Å². The Kier molecular flexibility index (Phi) is 3.37. The van der Waals surface area contributed by atoms with Crippen molar-refractivity contribution < 1.29 is 9.47 Å². The van der Waals surface area contributed by atoms with E-state index in [1.807, 2.05) is 6.07 Å². The third-order valence-electron chi connectivity index (χ3n) is 2.09. The predicted octanol–water partition coefficient (Wildman–Crippen LogP) is 2.75. The van der Waals surface area contributed by atoms with Crippen LogP contribution in [0.1, 0.15) is 19.3 Å². The van der Waals surface area contributed by atoms with Crippen LogP contribution in [0.3, 0.4) is 0 Å². The van der Waals surface area contributed by atoms with Crippen molar-refractivity contribution in [1.82, 2.24) is 4.98 Å². The first-order chi connectivity index (χ1) is 6.84. The molecule has 1 unspecified atom stereocenters. The lowest BCUT2D eigenvalue weighted by atomic mass is 10.2. The van der Waals surface area contributed by atoms with Gasteiger partial charge >= 0.3 is 0 Å². The fourth-order valence-corrected chi connectivity index (χ4v) is 1.76. The van der Waals surface area contributed by atoms with Gasteiger partial charge in [0.25, 0.3) is 0 Å². The van der Waals surface area contributed by atoms with Crippen LogP contribution in [0.4, 0.5) is 0 Å². The molecule has 0 amide bonds. The Morgan fingerprint density at radius 3 is 3.07 bits per heavy atom. The summed E-state index contributed by atoms with van der Waals surface area (Å²) in [6.07, 6.45) is 6.60. The zero-order chi connectivity index (χ0) is 9.80. The molecule has 0 saturated carbocycles. The van der Waals surface area contributed by atoms with Gasteiger partial charge in [0.2, 0.25) is 0 Å². The number of halogens is 1. The Balaban J connectivity index is 1.95. The molecule has 1 atom stereocenters. The first-order valence-electron chi connectivity index (χ1n) is 4.73. The van der Waals surface area contributed by atoms with Gasteiger partial charge in [-0.3, -0.25) is 4.98 Å². The summed E-state index contributed by atoms with van der Waals surface area (Å²) in [4.78, 5) is 4.02. The molecular formula is C10H12BrNO2. The van der Waals surface area contributed by atoms with Gasteiger partial charge in [-0.05, 0) is 34.8 Å². The largest absolute Gasteiger partial charge is 0.463 e. The zero-order valence-corrected chi connectivity index (χ0v) is 9.37. The fourth-order valence-electron chi connectivity index (χ4n) is 1.41. The Morgan fingerprint density at radius 1 is 1.43 bits per heavy atom. The van der Waals surface area contributed by atoms with Gasteiger partial charge in [-0.15, -0.1) is 0 Å². The second kappa shape index (κ2) is 4.75. The normalized spacial score (nSPS) is 21.9. The van der Waals surface area contributed by atoms with Crippen molar-refractivity contribution in [2.45, 2.75) is 25.6 Å². The van der Waals surface area contributed by atoms with Gasteiger partial charge in [-0.2, -0.15) is 0 Å². The molecule has 76 valence electrons. The van der Waals surface area contributed by atoms with Crippen molar-refractivity contribution in [3.63, 3.8) is 0 Å². The van der Waals surface area contributed by atoms with Crippen LogP contribution in [0.15, 0.2) is 22.9 Å². The maximum Gasteiger partial charge on any atom is 0.199 e. The molecule has 14 heavy (non-hydrogen) atoms. The monoisotopic (exact) mass is 257 g/mol. The third kappa shape index (κ3) is 2.69. The van der Waals surface area contributed by atoms with Crippen LogP contribution >= 0.6 is 15.9 Å². The lowest BCUT2D eigenvalue weighted by Gasteiger charge is -2.23. The van der Waals surface area contributed by atoms with Crippen LogP contribution in [0.5, 0.6) is 5.75 Å². The summed E-state index contributed by atoms with van der Waals surface area (Å²) in [5.41, 5.74) is 0. The van der Waals surface area contributed by atoms with E-state index in [9.17, 15) is 0 Å².